The van der Waals surface area contributed by atoms with Crippen molar-refractivity contribution in [3.63, 3.8) is 0 Å². The maximum absolute atomic E-state index is 9.25. The summed E-state index contributed by atoms with van der Waals surface area (Å²) in [7, 11) is 0.279. The average Bonchev–Trinajstić information content (AvgIpc) is 2.56. The summed E-state index contributed by atoms with van der Waals surface area (Å²) in [6.07, 6.45) is 1.82. The van der Waals surface area contributed by atoms with Gasteiger partial charge in [0, 0.05) is 30.2 Å². The molecule has 84 valence electrons. The first-order valence-corrected chi connectivity index (χ1v) is 5.08. The molecule has 1 aromatic carbocycles. The maximum atomic E-state index is 9.25. The molecule has 0 saturated carbocycles. The number of ether oxygens (including phenoxy) is 1. The molecule has 2 rings (SSSR count). The normalized spacial score (nSPS) is 10.8. The van der Waals surface area contributed by atoms with Crippen LogP contribution in [-0.4, -0.2) is 33.6 Å². The van der Waals surface area contributed by atoms with E-state index in [1.165, 1.54) is 0 Å². The third-order valence-electron chi connectivity index (χ3n) is 2.33. The van der Waals surface area contributed by atoms with E-state index >= 15 is 0 Å². The molecule has 2 N–H and O–H groups in total. The first-order chi connectivity index (χ1) is 7.61. The monoisotopic (exact) mass is 220 g/mol. The van der Waals surface area contributed by atoms with Crippen molar-refractivity contribution >= 4 is 23.5 Å². The van der Waals surface area contributed by atoms with E-state index in [1.807, 2.05) is 20.2 Å². The van der Waals surface area contributed by atoms with E-state index in [1.54, 1.807) is 16.8 Å². The van der Waals surface area contributed by atoms with Crippen LogP contribution in [0.25, 0.3) is 10.9 Å². The van der Waals surface area contributed by atoms with Crippen LogP contribution in [-0.2, 0) is 7.05 Å². The number of hydrogen-bond donors (Lipinski definition) is 2. The lowest BCUT2D eigenvalue weighted by Crippen LogP contribution is -2.31. The second-order valence-corrected chi connectivity index (χ2v) is 3.56. The molecule has 0 aliphatic carbocycles. The molecule has 0 amide bonds. The van der Waals surface area contributed by atoms with Gasteiger partial charge in [-0.2, -0.15) is 5.10 Å². The number of hydrogen-bond acceptors (Lipinski definition) is 4. The van der Waals surface area contributed by atoms with Crippen LogP contribution >= 0.6 is 0 Å². The van der Waals surface area contributed by atoms with Crippen LogP contribution < -0.4 is 10.2 Å². The highest BCUT2D eigenvalue weighted by Gasteiger charge is 2.18. The Morgan fingerprint density at radius 2 is 2.19 bits per heavy atom. The first-order valence-electron chi connectivity index (χ1n) is 5.08. The summed E-state index contributed by atoms with van der Waals surface area (Å²) in [6.45, 7) is 2.31. The van der Waals surface area contributed by atoms with Crippen molar-refractivity contribution < 1.29 is 14.8 Å². The second-order valence-electron chi connectivity index (χ2n) is 3.56. The lowest BCUT2D eigenvalue weighted by atomic mass is 9.79. The third-order valence-corrected chi connectivity index (χ3v) is 2.33. The van der Waals surface area contributed by atoms with Crippen LogP contribution in [0.4, 0.5) is 0 Å². The van der Waals surface area contributed by atoms with Gasteiger partial charge in [-0.1, -0.05) is 0 Å². The molecule has 6 heteroatoms. The molecule has 2 aromatic rings. The fraction of sp³-hybridized carbons (Fsp3) is 0.300. The van der Waals surface area contributed by atoms with Crippen molar-refractivity contribution in [3.8, 4) is 5.75 Å². The molecule has 0 radical (unpaired) electrons. The highest BCUT2D eigenvalue weighted by Crippen LogP contribution is 2.18. The van der Waals surface area contributed by atoms with Gasteiger partial charge in [-0.25, -0.2) is 0 Å². The molecule has 0 atom stereocenters. The lowest BCUT2D eigenvalue weighted by Gasteiger charge is -2.09. The predicted octanol–water partition coefficient (Wildman–Crippen LogP) is -0.348. The smallest absolute Gasteiger partial charge is 0.492 e. The SMILES string of the molecule is CCOc1cc2nn(C)cc2cc1B(O)O. The van der Waals surface area contributed by atoms with E-state index in [2.05, 4.69) is 5.10 Å². The fourth-order valence-corrected chi connectivity index (χ4v) is 1.68. The van der Waals surface area contributed by atoms with Crippen molar-refractivity contribution in [2.45, 2.75) is 6.92 Å². The number of nitrogens with zero attached hydrogens (tertiary/aromatic N) is 2. The van der Waals surface area contributed by atoms with Crippen LogP contribution in [0, 0.1) is 0 Å². The highest BCUT2D eigenvalue weighted by atomic mass is 16.5. The topological polar surface area (TPSA) is 67.5 Å². The number of rotatable bonds is 3. The molecule has 0 aliphatic rings. The van der Waals surface area contributed by atoms with E-state index < -0.39 is 7.12 Å². The van der Waals surface area contributed by atoms with Gasteiger partial charge in [-0.3, -0.25) is 4.68 Å². The minimum atomic E-state index is -1.54. The third kappa shape index (κ3) is 1.89. The Balaban J connectivity index is 2.60. The van der Waals surface area contributed by atoms with Crippen molar-refractivity contribution in [2.75, 3.05) is 6.61 Å². The Hall–Kier alpha value is -1.53. The molecule has 16 heavy (non-hydrogen) atoms. The summed E-state index contributed by atoms with van der Waals surface area (Å²) in [6, 6.07) is 3.39. The summed E-state index contributed by atoms with van der Waals surface area (Å²) in [5.74, 6) is 0.462. The Morgan fingerprint density at radius 3 is 2.81 bits per heavy atom. The van der Waals surface area contributed by atoms with E-state index in [-0.39, 0.29) is 0 Å². The lowest BCUT2D eigenvalue weighted by molar-refractivity contribution is 0.340. The molecule has 1 aromatic heterocycles. The largest absolute Gasteiger partial charge is 0.494 e. The van der Waals surface area contributed by atoms with Crippen molar-refractivity contribution in [2.24, 2.45) is 7.05 Å². The number of aromatic nitrogens is 2. The molecular formula is C10H13BN2O3. The van der Waals surface area contributed by atoms with Gasteiger partial charge in [0.2, 0.25) is 0 Å². The summed E-state index contributed by atoms with van der Waals surface area (Å²) < 4.78 is 7.02. The molecule has 0 fully saturated rings. The summed E-state index contributed by atoms with van der Waals surface area (Å²) >= 11 is 0. The number of aryl methyl sites for hydroxylation is 1. The van der Waals surface area contributed by atoms with Gasteiger partial charge < -0.3 is 14.8 Å². The summed E-state index contributed by atoms with van der Waals surface area (Å²) in [4.78, 5) is 0. The van der Waals surface area contributed by atoms with Crippen molar-refractivity contribution in [1.29, 1.82) is 0 Å². The number of benzene rings is 1. The molecule has 0 spiro atoms. The van der Waals surface area contributed by atoms with Gasteiger partial charge in [0.25, 0.3) is 0 Å². The molecule has 0 aliphatic heterocycles. The Kier molecular flexibility index (Phi) is 2.85. The average molecular weight is 220 g/mol. The van der Waals surface area contributed by atoms with E-state index in [0.29, 0.717) is 17.8 Å². The fourth-order valence-electron chi connectivity index (χ4n) is 1.68. The molecular weight excluding hydrogens is 207 g/mol. The standard InChI is InChI=1S/C10H13BN2O3/c1-3-16-10-5-9-7(6-13(2)12-9)4-8(10)11(14)15/h4-6,14-15H,3H2,1-2H3. The summed E-state index contributed by atoms with van der Waals surface area (Å²) in [5.41, 5.74) is 1.14. The van der Waals surface area contributed by atoms with Gasteiger partial charge in [0.15, 0.2) is 0 Å². The van der Waals surface area contributed by atoms with Gasteiger partial charge in [0.1, 0.15) is 5.75 Å². The molecule has 0 unspecified atom stereocenters. The van der Waals surface area contributed by atoms with Crippen LogP contribution in [0.5, 0.6) is 5.75 Å². The van der Waals surface area contributed by atoms with Crippen LogP contribution in [0.2, 0.25) is 0 Å². The summed E-state index contributed by atoms with van der Waals surface area (Å²) in [5, 5.41) is 23.6. The molecule has 1 heterocycles. The Bertz CT molecular complexity index is 510. The minimum Gasteiger partial charge on any atom is -0.494 e. The van der Waals surface area contributed by atoms with Gasteiger partial charge >= 0.3 is 7.12 Å². The highest BCUT2D eigenvalue weighted by molar-refractivity contribution is 6.60. The van der Waals surface area contributed by atoms with Gasteiger partial charge in [-0.05, 0) is 13.0 Å². The maximum Gasteiger partial charge on any atom is 0.492 e. The van der Waals surface area contributed by atoms with Gasteiger partial charge in [-0.15, -0.1) is 0 Å². The Labute approximate surface area is 93.4 Å². The van der Waals surface area contributed by atoms with Crippen LogP contribution in [0.15, 0.2) is 18.3 Å². The van der Waals surface area contributed by atoms with Crippen molar-refractivity contribution in [1.82, 2.24) is 9.78 Å². The second kappa shape index (κ2) is 4.15. The zero-order chi connectivity index (χ0) is 11.7. The van der Waals surface area contributed by atoms with Crippen molar-refractivity contribution in [3.05, 3.63) is 18.3 Å². The predicted molar refractivity (Wildman–Crippen MR) is 61.7 cm³/mol. The van der Waals surface area contributed by atoms with Crippen LogP contribution in [0.3, 0.4) is 0 Å². The van der Waals surface area contributed by atoms with E-state index in [0.717, 1.165) is 10.9 Å². The molecule has 0 bridgehead atoms. The number of fused-ring (bicyclic) bond motifs is 1. The van der Waals surface area contributed by atoms with E-state index in [9.17, 15) is 10.0 Å². The molecule has 5 nitrogen and oxygen atoms in total. The van der Waals surface area contributed by atoms with Gasteiger partial charge in [0.05, 0.1) is 12.1 Å². The first kappa shape index (κ1) is 11.0. The zero-order valence-electron chi connectivity index (χ0n) is 9.21. The molecule has 0 saturated heterocycles. The quantitative estimate of drug-likeness (QED) is 0.694. The zero-order valence-corrected chi connectivity index (χ0v) is 9.21. The Morgan fingerprint density at radius 1 is 1.44 bits per heavy atom. The van der Waals surface area contributed by atoms with E-state index in [4.69, 9.17) is 4.74 Å². The minimum absolute atomic E-state index is 0.363. The van der Waals surface area contributed by atoms with Crippen LogP contribution in [0.1, 0.15) is 6.92 Å².